The molecule has 2 aromatic carbocycles. The zero-order valence-electron chi connectivity index (χ0n) is 11.9. The van der Waals surface area contributed by atoms with E-state index in [1.165, 1.54) is 19.1 Å². The van der Waals surface area contributed by atoms with E-state index in [-0.39, 0.29) is 27.8 Å². The Labute approximate surface area is 130 Å². The molecule has 1 aliphatic rings. The van der Waals surface area contributed by atoms with Gasteiger partial charge in [0.25, 0.3) is 0 Å². The first-order chi connectivity index (χ1) is 10.8. The van der Waals surface area contributed by atoms with Crippen molar-refractivity contribution in [3.8, 4) is 0 Å². The van der Waals surface area contributed by atoms with Crippen LogP contribution in [0.1, 0.15) is 58.1 Å². The molecular weight excluding hydrogens is 300 g/mol. The average molecular weight is 310 g/mol. The van der Waals surface area contributed by atoms with Crippen LogP contribution in [0.25, 0.3) is 0 Å². The lowest BCUT2D eigenvalue weighted by Crippen LogP contribution is -2.25. The van der Waals surface area contributed by atoms with Crippen molar-refractivity contribution in [1.82, 2.24) is 0 Å². The number of hydrogen-bond donors (Lipinski definition) is 2. The van der Waals surface area contributed by atoms with Crippen molar-refractivity contribution in [1.29, 1.82) is 0 Å². The van der Waals surface area contributed by atoms with Crippen molar-refractivity contribution in [2.45, 2.75) is 6.92 Å². The summed E-state index contributed by atoms with van der Waals surface area (Å²) in [6.45, 7) is 1.34. The van der Waals surface area contributed by atoms with E-state index < -0.39 is 34.6 Å². The van der Waals surface area contributed by atoms with E-state index in [4.69, 9.17) is 0 Å². The summed E-state index contributed by atoms with van der Waals surface area (Å²) in [5.74, 6) is -3.89. The number of ketones is 2. The van der Waals surface area contributed by atoms with Crippen LogP contribution in [0.2, 0.25) is 0 Å². The normalized spacial score (nSPS) is 12.6. The molecule has 0 bridgehead atoms. The summed E-state index contributed by atoms with van der Waals surface area (Å²) in [5, 5.41) is 18.5. The third-order valence-electron chi connectivity index (χ3n) is 3.91. The van der Waals surface area contributed by atoms with Gasteiger partial charge in [-0.05, 0) is 18.6 Å². The van der Waals surface area contributed by atoms with E-state index in [0.29, 0.717) is 0 Å². The Morgan fingerprint density at radius 1 is 0.870 bits per heavy atom. The highest BCUT2D eigenvalue weighted by molar-refractivity contribution is 6.30. The molecule has 0 fully saturated rings. The van der Waals surface area contributed by atoms with Crippen LogP contribution in [0.15, 0.2) is 30.3 Å². The standard InChI is InChI=1S/C17H10O6/c1-7-12-10(6-11(16(20)21)13(7)17(22)23)14(18)8-4-2-3-5-9(8)15(12)19/h2-6H,1H3,(H,20,21)(H,22,23). The number of carbonyl (C=O) groups excluding carboxylic acids is 2. The maximum atomic E-state index is 12.6. The smallest absolute Gasteiger partial charge is 0.336 e. The molecule has 6 nitrogen and oxygen atoms in total. The maximum Gasteiger partial charge on any atom is 0.336 e. The average Bonchev–Trinajstić information content (AvgIpc) is 2.51. The molecule has 0 aromatic heterocycles. The van der Waals surface area contributed by atoms with Crippen LogP contribution in [0.4, 0.5) is 0 Å². The SMILES string of the molecule is Cc1c(C(=O)O)c(C(=O)O)cc2c1C(=O)c1ccccc1C2=O. The van der Waals surface area contributed by atoms with Crippen LogP contribution in [0.5, 0.6) is 0 Å². The topological polar surface area (TPSA) is 109 Å². The van der Waals surface area contributed by atoms with Crippen LogP contribution in [-0.2, 0) is 0 Å². The van der Waals surface area contributed by atoms with Gasteiger partial charge in [-0.15, -0.1) is 0 Å². The van der Waals surface area contributed by atoms with E-state index in [1.54, 1.807) is 12.1 Å². The fourth-order valence-electron chi connectivity index (χ4n) is 2.89. The second kappa shape index (κ2) is 4.88. The molecule has 2 N–H and O–H groups in total. The van der Waals surface area contributed by atoms with Crippen molar-refractivity contribution in [3.63, 3.8) is 0 Å². The van der Waals surface area contributed by atoms with Gasteiger partial charge in [0.1, 0.15) is 0 Å². The molecule has 0 amide bonds. The van der Waals surface area contributed by atoms with Crippen LogP contribution in [-0.4, -0.2) is 33.7 Å². The van der Waals surface area contributed by atoms with Gasteiger partial charge in [0.05, 0.1) is 11.1 Å². The zero-order chi connectivity index (χ0) is 16.9. The summed E-state index contributed by atoms with van der Waals surface area (Å²) in [7, 11) is 0. The Morgan fingerprint density at radius 3 is 1.96 bits per heavy atom. The Balaban J connectivity index is 2.42. The molecule has 0 saturated carbocycles. The molecule has 114 valence electrons. The molecule has 0 spiro atoms. The summed E-state index contributed by atoms with van der Waals surface area (Å²) in [6, 6.07) is 7.16. The van der Waals surface area contributed by atoms with Gasteiger partial charge in [-0.2, -0.15) is 0 Å². The highest BCUT2D eigenvalue weighted by atomic mass is 16.4. The van der Waals surface area contributed by atoms with E-state index in [1.807, 2.05) is 0 Å². The molecule has 23 heavy (non-hydrogen) atoms. The zero-order valence-corrected chi connectivity index (χ0v) is 11.9. The summed E-state index contributed by atoms with van der Waals surface area (Å²) in [4.78, 5) is 48.0. The number of benzene rings is 2. The molecule has 3 rings (SSSR count). The Bertz CT molecular complexity index is 923. The van der Waals surface area contributed by atoms with Crippen molar-refractivity contribution in [2.24, 2.45) is 0 Å². The summed E-state index contributed by atoms with van der Waals surface area (Å²) < 4.78 is 0. The van der Waals surface area contributed by atoms with E-state index >= 15 is 0 Å². The Kier molecular flexibility index (Phi) is 3.11. The first-order valence-corrected chi connectivity index (χ1v) is 6.67. The van der Waals surface area contributed by atoms with Gasteiger partial charge in [0.2, 0.25) is 0 Å². The predicted octanol–water partition coefficient (Wildman–Crippen LogP) is 2.17. The number of carbonyl (C=O) groups is 4. The number of carboxylic acids is 2. The summed E-state index contributed by atoms with van der Waals surface area (Å²) in [5.41, 5.74) is -0.743. The summed E-state index contributed by atoms with van der Waals surface area (Å²) in [6.07, 6.45) is 0. The fraction of sp³-hybridized carbons (Fsp3) is 0.0588. The second-order valence-corrected chi connectivity index (χ2v) is 5.16. The molecule has 0 saturated heterocycles. The lowest BCUT2D eigenvalue weighted by atomic mass is 9.79. The number of fused-ring (bicyclic) bond motifs is 2. The van der Waals surface area contributed by atoms with E-state index in [9.17, 15) is 29.4 Å². The first-order valence-electron chi connectivity index (χ1n) is 6.67. The van der Waals surface area contributed by atoms with Gasteiger partial charge in [-0.3, -0.25) is 9.59 Å². The van der Waals surface area contributed by atoms with Crippen LogP contribution in [0, 0.1) is 6.92 Å². The van der Waals surface area contributed by atoms with Crippen LogP contribution in [0.3, 0.4) is 0 Å². The molecule has 2 aromatic rings. The van der Waals surface area contributed by atoms with Gasteiger partial charge in [0.15, 0.2) is 11.6 Å². The monoisotopic (exact) mass is 310 g/mol. The number of aromatic carboxylic acids is 2. The quantitative estimate of drug-likeness (QED) is 0.751. The third-order valence-corrected chi connectivity index (χ3v) is 3.91. The number of rotatable bonds is 2. The van der Waals surface area contributed by atoms with Crippen molar-refractivity contribution < 1.29 is 29.4 Å². The lowest BCUT2D eigenvalue weighted by molar-refractivity contribution is 0.0650. The number of hydrogen-bond acceptors (Lipinski definition) is 4. The largest absolute Gasteiger partial charge is 0.478 e. The molecule has 0 radical (unpaired) electrons. The Hall–Kier alpha value is -3.28. The fourth-order valence-corrected chi connectivity index (χ4v) is 2.89. The van der Waals surface area contributed by atoms with Gasteiger partial charge in [-0.1, -0.05) is 24.3 Å². The molecule has 0 aliphatic heterocycles. The van der Waals surface area contributed by atoms with Gasteiger partial charge < -0.3 is 10.2 Å². The van der Waals surface area contributed by atoms with Crippen molar-refractivity contribution in [3.05, 3.63) is 69.3 Å². The minimum atomic E-state index is -1.47. The van der Waals surface area contributed by atoms with Gasteiger partial charge in [-0.25, -0.2) is 9.59 Å². The molecule has 0 heterocycles. The summed E-state index contributed by atoms with van der Waals surface area (Å²) >= 11 is 0. The van der Waals surface area contributed by atoms with E-state index in [2.05, 4.69) is 0 Å². The van der Waals surface area contributed by atoms with Crippen molar-refractivity contribution >= 4 is 23.5 Å². The van der Waals surface area contributed by atoms with E-state index in [0.717, 1.165) is 6.07 Å². The van der Waals surface area contributed by atoms with Gasteiger partial charge >= 0.3 is 11.9 Å². The minimum absolute atomic E-state index is 0.0137. The Morgan fingerprint density at radius 2 is 1.43 bits per heavy atom. The molecule has 0 atom stereocenters. The lowest BCUT2D eigenvalue weighted by Gasteiger charge is -2.21. The highest BCUT2D eigenvalue weighted by Gasteiger charge is 2.34. The predicted molar refractivity (Wildman–Crippen MR) is 78.4 cm³/mol. The van der Waals surface area contributed by atoms with Crippen molar-refractivity contribution in [2.75, 3.05) is 0 Å². The molecular formula is C17H10O6. The maximum absolute atomic E-state index is 12.6. The molecule has 1 aliphatic carbocycles. The second-order valence-electron chi connectivity index (χ2n) is 5.16. The number of carboxylic acid groups (broad SMARTS) is 2. The third kappa shape index (κ3) is 1.96. The van der Waals surface area contributed by atoms with Crippen LogP contribution >= 0.6 is 0 Å². The first kappa shape index (κ1) is 14.6. The molecule has 6 heteroatoms. The molecule has 0 unspecified atom stereocenters. The van der Waals surface area contributed by atoms with Gasteiger partial charge in [0, 0.05) is 22.3 Å². The van der Waals surface area contributed by atoms with Crippen LogP contribution < -0.4 is 0 Å². The minimum Gasteiger partial charge on any atom is -0.478 e. The highest BCUT2D eigenvalue weighted by Crippen LogP contribution is 2.32.